The number of hydrogen-bond acceptors (Lipinski definition) is 2. The van der Waals surface area contributed by atoms with Crippen molar-refractivity contribution in [2.75, 3.05) is 6.61 Å². The second-order valence-corrected chi connectivity index (χ2v) is 4.56. The highest BCUT2D eigenvalue weighted by molar-refractivity contribution is 5.82. The minimum absolute atomic E-state index is 0.0731. The van der Waals surface area contributed by atoms with E-state index in [9.17, 15) is 4.79 Å². The van der Waals surface area contributed by atoms with Crippen molar-refractivity contribution in [2.45, 2.75) is 31.6 Å². The normalized spacial score (nSPS) is 25.7. The number of aliphatic hydroxyl groups excluding tert-OH is 1. The van der Waals surface area contributed by atoms with Gasteiger partial charge in [-0.15, -0.1) is 0 Å². The first-order valence-electron chi connectivity index (χ1n) is 5.99. The van der Waals surface area contributed by atoms with Crippen molar-refractivity contribution in [3.05, 3.63) is 35.9 Å². The highest BCUT2D eigenvalue weighted by Crippen LogP contribution is 2.35. The largest absolute Gasteiger partial charge is 0.396 e. The van der Waals surface area contributed by atoms with Crippen LogP contribution in [0.15, 0.2) is 30.3 Å². The first kappa shape index (κ1) is 11.3. The summed E-state index contributed by atoms with van der Waals surface area (Å²) in [6.07, 6.45) is 3.17. The van der Waals surface area contributed by atoms with Gasteiger partial charge in [-0.25, -0.2) is 0 Å². The number of aliphatic hydroxyl groups is 1. The highest BCUT2D eigenvalue weighted by Gasteiger charge is 2.28. The number of Topliss-reactive ketones (excluding diaryl/α,β-unsaturated/α-hetero) is 1. The van der Waals surface area contributed by atoms with E-state index < -0.39 is 0 Å². The van der Waals surface area contributed by atoms with E-state index in [2.05, 4.69) is 12.1 Å². The summed E-state index contributed by atoms with van der Waals surface area (Å²) in [4.78, 5) is 11.6. The maximum absolute atomic E-state index is 11.6. The Morgan fingerprint density at radius 2 is 2.00 bits per heavy atom. The van der Waals surface area contributed by atoms with Crippen LogP contribution in [0.5, 0.6) is 0 Å². The molecule has 0 heterocycles. The van der Waals surface area contributed by atoms with Gasteiger partial charge in [-0.1, -0.05) is 30.3 Å². The van der Waals surface area contributed by atoms with Gasteiger partial charge in [0.2, 0.25) is 0 Å². The molecule has 1 aliphatic carbocycles. The number of rotatable bonds is 3. The van der Waals surface area contributed by atoms with Gasteiger partial charge in [0.25, 0.3) is 0 Å². The third-order valence-corrected chi connectivity index (χ3v) is 3.51. The van der Waals surface area contributed by atoms with Crippen molar-refractivity contribution in [3.63, 3.8) is 0 Å². The smallest absolute Gasteiger partial charge is 0.136 e. The fourth-order valence-corrected chi connectivity index (χ4v) is 2.58. The Labute approximate surface area is 96.3 Å². The van der Waals surface area contributed by atoms with Crippen molar-refractivity contribution in [1.82, 2.24) is 0 Å². The number of hydrogen-bond donors (Lipinski definition) is 1. The summed E-state index contributed by atoms with van der Waals surface area (Å²) in [7, 11) is 0. The molecule has 2 atom stereocenters. The fourth-order valence-electron chi connectivity index (χ4n) is 2.58. The zero-order valence-corrected chi connectivity index (χ0v) is 9.43. The molecule has 1 N–H and O–H groups in total. The zero-order valence-electron chi connectivity index (χ0n) is 9.43. The molecule has 0 saturated heterocycles. The first-order chi connectivity index (χ1) is 7.81. The lowest BCUT2D eigenvalue weighted by Crippen LogP contribution is -2.24. The molecule has 1 aromatic rings. The Morgan fingerprint density at radius 1 is 1.25 bits per heavy atom. The molecule has 1 aliphatic rings. The number of benzene rings is 1. The zero-order chi connectivity index (χ0) is 11.4. The van der Waals surface area contributed by atoms with E-state index in [-0.39, 0.29) is 12.5 Å². The molecule has 0 amide bonds. The molecule has 2 nitrogen and oxygen atoms in total. The van der Waals surface area contributed by atoms with E-state index in [4.69, 9.17) is 5.11 Å². The van der Waals surface area contributed by atoms with Gasteiger partial charge in [0.15, 0.2) is 0 Å². The van der Waals surface area contributed by atoms with Crippen molar-refractivity contribution in [3.8, 4) is 0 Å². The Bertz CT molecular complexity index is 345. The Balaban J connectivity index is 2.05. The lowest BCUT2D eigenvalue weighted by molar-refractivity contribution is -0.125. The maximum Gasteiger partial charge on any atom is 0.136 e. The Hall–Kier alpha value is -1.15. The standard InChI is InChI=1S/C14H18O2/c15-9-8-13-10-12(6-7-14(13)16)11-4-2-1-3-5-11/h1-5,12-13,15H,6-10H2. The van der Waals surface area contributed by atoms with Crippen LogP contribution >= 0.6 is 0 Å². The summed E-state index contributed by atoms with van der Waals surface area (Å²) in [6.45, 7) is 0.123. The molecule has 1 fully saturated rings. The molecule has 1 aromatic carbocycles. The molecule has 0 spiro atoms. The van der Waals surface area contributed by atoms with E-state index in [1.165, 1.54) is 5.56 Å². The van der Waals surface area contributed by atoms with E-state index >= 15 is 0 Å². The van der Waals surface area contributed by atoms with Gasteiger partial charge >= 0.3 is 0 Å². The van der Waals surface area contributed by atoms with Gasteiger partial charge in [0.1, 0.15) is 5.78 Å². The van der Waals surface area contributed by atoms with Crippen LogP contribution in [-0.4, -0.2) is 17.5 Å². The molecular formula is C14H18O2. The minimum atomic E-state index is 0.0731. The van der Waals surface area contributed by atoms with Gasteiger partial charge in [0.05, 0.1) is 0 Å². The van der Waals surface area contributed by atoms with Crippen LogP contribution in [0.25, 0.3) is 0 Å². The van der Waals surface area contributed by atoms with Crippen LogP contribution in [-0.2, 0) is 4.79 Å². The van der Waals surface area contributed by atoms with E-state index in [0.29, 0.717) is 24.5 Å². The molecule has 0 aromatic heterocycles. The van der Waals surface area contributed by atoms with Crippen LogP contribution in [0.1, 0.15) is 37.2 Å². The average molecular weight is 218 g/mol. The van der Waals surface area contributed by atoms with E-state index in [1.54, 1.807) is 0 Å². The molecular weight excluding hydrogens is 200 g/mol. The molecule has 86 valence electrons. The van der Waals surface area contributed by atoms with Crippen LogP contribution in [0.2, 0.25) is 0 Å². The Morgan fingerprint density at radius 3 is 2.69 bits per heavy atom. The highest BCUT2D eigenvalue weighted by atomic mass is 16.3. The number of carbonyl (C=O) groups is 1. The predicted octanol–water partition coefficient (Wildman–Crippen LogP) is 2.52. The van der Waals surface area contributed by atoms with Crippen molar-refractivity contribution in [2.24, 2.45) is 5.92 Å². The summed E-state index contributed by atoms with van der Waals surface area (Å²) < 4.78 is 0. The first-order valence-corrected chi connectivity index (χ1v) is 5.99. The molecule has 1 saturated carbocycles. The van der Waals surface area contributed by atoms with E-state index in [0.717, 1.165) is 12.8 Å². The van der Waals surface area contributed by atoms with Gasteiger partial charge < -0.3 is 5.11 Å². The second-order valence-electron chi connectivity index (χ2n) is 4.56. The fraction of sp³-hybridized carbons (Fsp3) is 0.500. The lowest BCUT2D eigenvalue weighted by atomic mass is 9.76. The topological polar surface area (TPSA) is 37.3 Å². The van der Waals surface area contributed by atoms with Crippen molar-refractivity contribution in [1.29, 1.82) is 0 Å². The molecule has 0 aliphatic heterocycles. The van der Waals surface area contributed by atoms with Crippen LogP contribution in [0.3, 0.4) is 0 Å². The second kappa shape index (κ2) is 5.26. The van der Waals surface area contributed by atoms with Crippen molar-refractivity contribution >= 4 is 5.78 Å². The quantitative estimate of drug-likeness (QED) is 0.846. The Kier molecular flexibility index (Phi) is 3.73. The maximum atomic E-state index is 11.6. The summed E-state index contributed by atoms with van der Waals surface area (Å²) in [5, 5.41) is 8.94. The monoisotopic (exact) mass is 218 g/mol. The summed E-state index contributed by atoms with van der Waals surface area (Å²) in [5.74, 6) is 0.903. The minimum Gasteiger partial charge on any atom is -0.396 e. The van der Waals surface area contributed by atoms with Crippen molar-refractivity contribution < 1.29 is 9.90 Å². The third kappa shape index (κ3) is 2.50. The van der Waals surface area contributed by atoms with Gasteiger partial charge in [0, 0.05) is 18.9 Å². The number of ketones is 1. The third-order valence-electron chi connectivity index (χ3n) is 3.51. The van der Waals surface area contributed by atoms with E-state index in [1.807, 2.05) is 18.2 Å². The predicted molar refractivity (Wildman–Crippen MR) is 63.2 cm³/mol. The molecule has 2 unspecified atom stereocenters. The summed E-state index contributed by atoms with van der Waals surface area (Å²) in [5.41, 5.74) is 1.33. The van der Waals surface area contributed by atoms with Crippen LogP contribution < -0.4 is 0 Å². The lowest BCUT2D eigenvalue weighted by Gasteiger charge is -2.28. The average Bonchev–Trinajstić information content (AvgIpc) is 2.33. The van der Waals surface area contributed by atoms with Crippen LogP contribution in [0, 0.1) is 5.92 Å². The number of carbonyl (C=O) groups excluding carboxylic acids is 1. The molecule has 2 heteroatoms. The molecule has 16 heavy (non-hydrogen) atoms. The molecule has 2 rings (SSSR count). The molecule has 0 radical (unpaired) electrons. The SMILES string of the molecule is O=C1CCC(c2ccccc2)CC1CCO. The van der Waals surface area contributed by atoms with Gasteiger partial charge in [-0.05, 0) is 30.7 Å². The summed E-state index contributed by atoms with van der Waals surface area (Å²) >= 11 is 0. The summed E-state index contributed by atoms with van der Waals surface area (Å²) in [6, 6.07) is 10.4. The van der Waals surface area contributed by atoms with Gasteiger partial charge in [-0.2, -0.15) is 0 Å². The van der Waals surface area contributed by atoms with Crippen LogP contribution in [0.4, 0.5) is 0 Å². The molecule has 0 bridgehead atoms. The van der Waals surface area contributed by atoms with Gasteiger partial charge in [-0.3, -0.25) is 4.79 Å².